The fraction of sp³-hybridized carbons (Fsp3) is 0.500. The zero-order valence-corrected chi connectivity index (χ0v) is 16.3. The Balaban J connectivity index is 1.58. The number of hydrogen-bond acceptors (Lipinski definition) is 9. The van der Waals surface area contributed by atoms with Crippen molar-refractivity contribution in [1.29, 1.82) is 0 Å². The molecule has 3 heterocycles. The predicted octanol–water partition coefficient (Wildman–Crippen LogP) is 0.854. The first kappa shape index (κ1) is 19.3. The normalized spacial score (nSPS) is 27.2. The van der Waals surface area contributed by atoms with Crippen LogP contribution in [0.3, 0.4) is 0 Å². The molecule has 4 atom stereocenters. The Hall–Kier alpha value is -2.66. The van der Waals surface area contributed by atoms with Gasteiger partial charge in [0.2, 0.25) is 0 Å². The van der Waals surface area contributed by atoms with E-state index in [2.05, 4.69) is 20.6 Å². The maximum atomic E-state index is 10.3. The molecule has 1 aromatic carbocycles. The Bertz CT molecular complexity index is 1020. The molecule has 5 rings (SSSR count). The lowest BCUT2D eigenvalue weighted by Gasteiger charge is -2.18. The number of nitrogens with zero attached hydrogens (tertiary/aromatic N) is 5. The molecule has 1 aliphatic heterocycles. The van der Waals surface area contributed by atoms with E-state index >= 15 is 0 Å². The summed E-state index contributed by atoms with van der Waals surface area (Å²) in [6.07, 6.45) is 0.103. The van der Waals surface area contributed by atoms with E-state index in [1.54, 1.807) is 0 Å². The highest BCUT2D eigenvalue weighted by molar-refractivity contribution is 5.84. The molecule has 4 N–H and O–H groups in total. The van der Waals surface area contributed by atoms with Gasteiger partial charge < -0.3 is 25.4 Å². The lowest BCUT2D eigenvalue weighted by atomic mass is 10.1. The van der Waals surface area contributed by atoms with Gasteiger partial charge in [0, 0.05) is 5.56 Å². The van der Waals surface area contributed by atoms with Crippen LogP contribution in [0.1, 0.15) is 31.7 Å². The van der Waals surface area contributed by atoms with Crippen LogP contribution in [0.4, 0.5) is 5.82 Å². The van der Waals surface area contributed by atoms with E-state index in [-0.39, 0.29) is 6.04 Å². The molecule has 2 aliphatic rings. The maximum absolute atomic E-state index is 10.3. The SMILES string of the molecule is OC[C@H]1O[C@@H](Nc2nc(-c3ccccc3)nc3c2nnn3C2CCCC2)[C@H](O)[C@@H]1O. The molecule has 2 aromatic heterocycles. The molecule has 0 unspecified atom stereocenters. The highest BCUT2D eigenvalue weighted by Crippen LogP contribution is 2.33. The quantitative estimate of drug-likeness (QED) is 0.480. The Kier molecular flexibility index (Phi) is 5.07. The molecule has 1 saturated carbocycles. The summed E-state index contributed by atoms with van der Waals surface area (Å²) in [4.78, 5) is 9.36. The van der Waals surface area contributed by atoms with Gasteiger partial charge in [-0.15, -0.1) is 5.10 Å². The van der Waals surface area contributed by atoms with Crippen molar-refractivity contribution in [2.45, 2.75) is 56.3 Å². The molecule has 0 spiro atoms. The monoisotopic (exact) mass is 412 g/mol. The third kappa shape index (κ3) is 3.31. The van der Waals surface area contributed by atoms with Crippen LogP contribution in [0.25, 0.3) is 22.6 Å². The molecule has 1 aliphatic carbocycles. The van der Waals surface area contributed by atoms with Crippen molar-refractivity contribution in [2.75, 3.05) is 11.9 Å². The fourth-order valence-corrected chi connectivity index (χ4v) is 4.20. The highest BCUT2D eigenvalue weighted by Gasteiger charge is 2.43. The molecule has 0 amide bonds. The summed E-state index contributed by atoms with van der Waals surface area (Å²) in [5.41, 5.74) is 1.92. The summed E-state index contributed by atoms with van der Waals surface area (Å²) in [5, 5.41) is 41.4. The molecule has 2 fully saturated rings. The second-order valence-electron chi connectivity index (χ2n) is 7.81. The van der Waals surface area contributed by atoms with Crippen molar-refractivity contribution >= 4 is 17.0 Å². The minimum atomic E-state index is -1.22. The Morgan fingerprint density at radius 2 is 1.83 bits per heavy atom. The number of aromatic nitrogens is 5. The van der Waals surface area contributed by atoms with E-state index in [1.807, 2.05) is 35.0 Å². The molecule has 1 saturated heterocycles. The first-order valence-electron chi connectivity index (χ1n) is 10.2. The van der Waals surface area contributed by atoms with Gasteiger partial charge in [-0.25, -0.2) is 14.6 Å². The number of aliphatic hydroxyl groups excluding tert-OH is 3. The lowest BCUT2D eigenvalue weighted by Crippen LogP contribution is -2.36. The van der Waals surface area contributed by atoms with E-state index in [9.17, 15) is 15.3 Å². The number of ether oxygens (including phenoxy) is 1. The third-order valence-electron chi connectivity index (χ3n) is 5.85. The van der Waals surface area contributed by atoms with Gasteiger partial charge in [0.25, 0.3) is 0 Å². The smallest absolute Gasteiger partial charge is 0.184 e. The number of hydrogen-bond donors (Lipinski definition) is 4. The minimum absolute atomic E-state index is 0.246. The van der Waals surface area contributed by atoms with Crippen LogP contribution in [-0.2, 0) is 4.74 Å². The number of anilines is 1. The van der Waals surface area contributed by atoms with Gasteiger partial charge in [0.15, 0.2) is 29.0 Å². The molecular weight excluding hydrogens is 388 g/mol. The number of fused-ring (bicyclic) bond motifs is 1. The molecule has 10 heteroatoms. The van der Waals surface area contributed by atoms with E-state index < -0.39 is 31.1 Å². The van der Waals surface area contributed by atoms with Gasteiger partial charge in [0.05, 0.1) is 12.6 Å². The summed E-state index contributed by atoms with van der Waals surface area (Å²) in [6.45, 7) is -0.400. The maximum Gasteiger partial charge on any atom is 0.184 e. The minimum Gasteiger partial charge on any atom is -0.394 e. The van der Waals surface area contributed by atoms with Crippen LogP contribution in [0.2, 0.25) is 0 Å². The van der Waals surface area contributed by atoms with E-state index in [1.165, 1.54) is 0 Å². The van der Waals surface area contributed by atoms with E-state index in [0.717, 1.165) is 31.2 Å². The van der Waals surface area contributed by atoms with Crippen molar-refractivity contribution in [3.05, 3.63) is 30.3 Å². The number of benzene rings is 1. The van der Waals surface area contributed by atoms with Crippen molar-refractivity contribution in [2.24, 2.45) is 0 Å². The zero-order chi connectivity index (χ0) is 20.7. The highest BCUT2D eigenvalue weighted by atomic mass is 16.6. The van der Waals surface area contributed by atoms with Gasteiger partial charge in [0.1, 0.15) is 18.3 Å². The average Bonchev–Trinajstić information content (AvgIpc) is 3.50. The first-order valence-corrected chi connectivity index (χ1v) is 10.2. The average molecular weight is 412 g/mol. The summed E-state index contributed by atoms with van der Waals surface area (Å²) in [7, 11) is 0. The Labute approximate surface area is 172 Å². The van der Waals surface area contributed by atoms with Crippen LogP contribution in [0.5, 0.6) is 0 Å². The Morgan fingerprint density at radius 1 is 1.07 bits per heavy atom. The van der Waals surface area contributed by atoms with Crippen molar-refractivity contribution in [3.63, 3.8) is 0 Å². The molecule has 30 heavy (non-hydrogen) atoms. The lowest BCUT2D eigenvalue weighted by molar-refractivity contribution is -0.0153. The van der Waals surface area contributed by atoms with Crippen molar-refractivity contribution in [3.8, 4) is 11.4 Å². The van der Waals surface area contributed by atoms with Crippen LogP contribution in [-0.4, -0.2) is 71.4 Å². The molecule has 0 radical (unpaired) electrons. The topological polar surface area (TPSA) is 138 Å². The van der Waals surface area contributed by atoms with Crippen LogP contribution in [0.15, 0.2) is 30.3 Å². The number of aliphatic hydroxyl groups is 3. The van der Waals surface area contributed by atoms with E-state index in [0.29, 0.717) is 22.8 Å². The van der Waals surface area contributed by atoms with Crippen molar-refractivity contribution in [1.82, 2.24) is 25.0 Å². The van der Waals surface area contributed by atoms with Gasteiger partial charge >= 0.3 is 0 Å². The van der Waals surface area contributed by atoms with Gasteiger partial charge in [-0.2, -0.15) is 0 Å². The standard InChI is InChI=1S/C20H24N6O4/c27-10-13-15(28)16(29)20(30-13)23-18-14-19(26(25-24-14)12-8-4-5-9-12)22-17(21-18)11-6-2-1-3-7-11/h1-3,6-7,12-13,15-16,20,27-29H,4-5,8-10H2,(H,21,22,23)/t13-,15-,16-,20-/m1/s1. The van der Waals surface area contributed by atoms with Crippen LogP contribution in [0, 0.1) is 0 Å². The van der Waals surface area contributed by atoms with E-state index in [4.69, 9.17) is 9.72 Å². The van der Waals surface area contributed by atoms with Gasteiger partial charge in [-0.1, -0.05) is 48.4 Å². The second kappa shape index (κ2) is 7.88. The summed E-state index contributed by atoms with van der Waals surface area (Å²) < 4.78 is 7.42. The first-order chi connectivity index (χ1) is 14.7. The second-order valence-corrected chi connectivity index (χ2v) is 7.81. The molecule has 10 nitrogen and oxygen atoms in total. The fourth-order valence-electron chi connectivity index (χ4n) is 4.20. The summed E-state index contributed by atoms with van der Waals surface area (Å²) in [6, 6.07) is 9.82. The third-order valence-corrected chi connectivity index (χ3v) is 5.85. The molecule has 0 bridgehead atoms. The summed E-state index contributed by atoms with van der Waals surface area (Å²) in [5.74, 6) is 0.858. The van der Waals surface area contributed by atoms with Gasteiger partial charge in [-0.05, 0) is 12.8 Å². The molecule has 158 valence electrons. The van der Waals surface area contributed by atoms with Crippen molar-refractivity contribution < 1.29 is 20.1 Å². The number of nitrogens with one attached hydrogen (secondary N) is 1. The number of rotatable bonds is 5. The molecular formula is C20H24N6O4. The summed E-state index contributed by atoms with van der Waals surface area (Å²) >= 11 is 0. The van der Waals surface area contributed by atoms with Crippen LogP contribution < -0.4 is 5.32 Å². The predicted molar refractivity (Wildman–Crippen MR) is 107 cm³/mol. The largest absolute Gasteiger partial charge is 0.394 e. The van der Waals surface area contributed by atoms with Crippen LogP contribution >= 0.6 is 0 Å². The van der Waals surface area contributed by atoms with Gasteiger partial charge in [-0.3, -0.25) is 0 Å². The zero-order valence-electron chi connectivity index (χ0n) is 16.3. The molecule has 3 aromatic rings. The Morgan fingerprint density at radius 3 is 2.53 bits per heavy atom.